The van der Waals surface area contributed by atoms with Gasteiger partial charge in [0.25, 0.3) is 0 Å². The Balaban J connectivity index is 1.90. The molecule has 0 amide bonds. The number of carboxylic acid groups (broad SMARTS) is 1. The maximum absolute atomic E-state index is 13.7. The monoisotopic (exact) mass is 312 g/mol. The van der Waals surface area contributed by atoms with Crippen LogP contribution in [0.1, 0.15) is 43.6 Å². The van der Waals surface area contributed by atoms with Crippen LogP contribution in [0.5, 0.6) is 5.75 Å². The maximum Gasteiger partial charge on any atom is 0.303 e. The number of hydrogen-bond acceptors (Lipinski definition) is 2. The molecule has 1 atom stereocenters. The first-order valence-corrected chi connectivity index (χ1v) is 7.76. The van der Waals surface area contributed by atoms with Gasteiger partial charge in [0.1, 0.15) is 11.6 Å². The van der Waals surface area contributed by atoms with Crippen LogP contribution in [0.4, 0.5) is 4.39 Å². The molecule has 0 aromatic heterocycles. The molecule has 1 aromatic rings. The highest BCUT2D eigenvalue weighted by Gasteiger charge is 2.36. The molecule has 3 rings (SSSR count). The van der Waals surface area contributed by atoms with Crippen LogP contribution in [0.2, 0.25) is 5.02 Å². The zero-order valence-electron chi connectivity index (χ0n) is 11.6. The normalized spacial score (nSPS) is 19.3. The SMILES string of the molecule is O=C(O)CC(c1cc(F)cc(Cl)c1OCC1CC1)C1CC1. The van der Waals surface area contributed by atoms with Gasteiger partial charge in [-0.2, -0.15) is 0 Å². The van der Waals surface area contributed by atoms with Gasteiger partial charge < -0.3 is 9.84 Å². The zero-order valence-corrected chi connectivity index (χ0v) is 12.4. The number of halogens is 2. The van der Waals surface area contributed by atoms with Gasteiger partial charge in [-0.1, -0.05) is 11.6 Å². The summed E-state index contributed by atoms with van der Waals surface area (Å²) in [6, 6.07) is 2.62. The fourth-order valence-corrected chi connectivity index (χ4v) is 2.98. The average molecular weight is 313 g/mol. The second kappa shape index (κ2) is 5.84. The summed E-state index contributed by atoms with van der Waals surface area (Å²) in [5.41, 5.74) is 0.616. The van der Waals surface area contributed by atoms with E-state index in [4.69, 9.17) is 21.4 Å². The quantitative estimate of drug-likeness (QED) is 0.819. The molecule has 1 unspecified atom stereocenters. The predicted molar refractivity (Wildman–Crippen MR) is 77.3 cm³/mol. The highest BCUT2D eigenvalue weighted by Crippen LogP contribution is 2.49. The Morgan fingerprint density at radius 1 is 1.38 bits per heavy atom. The predicted octanol–water partition coefficient (Wildman–Crippen LogP) is 4.24. The lowest BCUT2D eigenvalue weighted by atomic mass is 9.90. The lowest BCUT2D eigenvalue weighted by molar-refractivity contribution is -0.137. The fourth-order valence-electron chi connectivity index (χ4n) is 2.71. The summed E-state index contributed by atoms with van der Waals surface area (Å²) in [6.07, 6.45) is 4.25. The first-order chi connectivity index (χ1) is 10.0. The van der Waals surface area contributed by atoms with Gasteiger partial charge in [-0.05, 0) is 49.7 Å². The van der Waals surface area contributed by atoms with Crippen LogP contribution < -0.4 is 4.74 Å². The Hall–Kier alpha value is -1.29. The molecule has 0 aliphatic heterocycles. The number of carbonyl (C=O) groups is 1. The Bertz CT molecular complexity index is 553. The van der Waals surface area contributed by atoms with E-state index in [0.717, 1.165) is 25.7 Å². The van der Waals surface area contributed by atoms with Crippen molar-refractivity contribution >= 4 is 17.6 Å². The van der Waals surface area contributed by atoms with E-state index in [0.29, 0.717) is 29.8 Å². The van der Waals surface area contributed by atoms with Gasteiger partial charge in [0.05, 0.1) is 18.1 Å². The van der Waals surface area contributed by atoms with Crippen molar-refractivity contribution < 1.29 is 19.0 Å². The van der Waals surface area contributed by atoms with Crippen molar-refractivity contribution in [2.45, 2.75) is 38.0 Å². The molecule has 0 radical (unpaired) electrons. The minimum Gasteiger partial charge on any atom is -0.491 e. The van der Waals surface area contributed by atoms with E-state index in [1.54, 1.807) is 0 Å². The van der Waals surface area contributed by atoms with Crippen molar-refractivity contribution in [1.29, 1.82) is 0 Å². The number of carboxylic acids is 1. The summed E-state index contributed by atoms with van der Waals surface area (Å²) >= 11 is 6.13. The van der Waals surface area contributed by atoms with Crippen LogP contribution >= 0.6 is 11.6 Å². The molecule has 0 saturated heterocycles. The summed E-state index contributed by atoms with van der Waals surface area (Å²) in [7, 11) is 0. The van der Waals surface area contributed by atoms with E-state index < -0.39 is 11.8 Å². The van der Waals surface area contributed by atoms with Gasteiger partial charge in [0.15, 0.2) is 0 Å². The topological polar surface area (TPSA) is 46.5 Å². The number of hydrogen-bond donors (Lipinski definition) is 1. The third-order valence-corrected chi connectivity index (χ3v) is 4.46. The molecule has 2 aliphatic rings. The molecule has 0 bridgehead atoms. The van der Waals surface area contributed by atoms with Crippen molar-refractivity contribution in [3.05, 3.63) is 28.5 Å². The molecule has 0 heterocycles. The number of rotatable bonds is 7. The molecule has 1 aromatic carbocycles. The van der Waals surface area contributed by atoms with Gasteiger partial charge in [0.2, 0.25) is 0 Å². The fraction of sp³-hybridized carbons (Fsp3) is 0.562. The summed E-state index contributed by atoms with van der Waals surface area (Å²) in [6.45, 7) is 0.572. The van der Waals surface area contributed by atoms with Crippen LogP contribution in [0, 0.1) is 17.7 Å². The lowest BCUT2D eigenvalue weighted by Gasteiger charge is -2.20. The summed E-state index contributed by atoms with van der Waals surface area (Å²) in [5.74, 6) is -0.210. The van der Waals surface area contributed by atoms with Gasteiger partial charge in [-0.3, -0.25) is 4.79 Å². The first-order valence-electron chi connectivity index (χ1n) is 7.38. The summed E-state index contributed by atoms with van der Waals surface area (Å²) < 4.78 is 19.5. The maximum atomic E-state index is 13.7. The van der Waals surface area contributed by atoms with E-state index in [1.165, 1.54) is 12.1 Å². The minimum absolute atomic E-state index is 0.00969. The largest absolute Gasteiger partial charge is 0.491 e. The third-order valence-electron chi connectivity index (χ3n) is 4.18. The van der Waals surface area contributed by atoms with E-state index in [9.17, 15) is 9.18 Å². The number of ether oxygens (including phenoxy) is 1. The van der Waals surface area contributed by atoms with E-state index in [-0.39, 0.29) is 17.4 Å². The van der Waals surface area contributed by atoms with Crippen LogP contribution in [0.3, 0.4) is 0 Å². The molecular weight excluding hydrogens is 295 g/mol. The van der Waals surface area contributed by atoms with Crippen molar-refractivity contribution in [1.82, 2.24) is 0 Å². The van der Waals surface area contributed by atoms with E-state index in [1.807, 2.05) is 0 Å². The van der Waals surface area contributed by atoms with Gasteiger partial charge in [0, 0.05) is 11.5 Å². The molecule has 3 nitrogen and oxygen atoms in total. The summed E-state index contributed by atoms with van der Waals surface area (Å²) in [5, 5.41) is 9.35. The highest BCUT2D eigenvalue weighted by molar-refractivity contribution is 6.32. The van der Waals surface area contributed by atoms with Crippen LogP contribution in [-0.2, 0) is 4.79 Å². The molecule has 21 heavy (non-hydrogen) atoms. The van der Waals surface area contributed by atoms with Crippen molar-refractivity contribution in [2.24, 2.45) is 11.8 Å². The smallest absolute Gasteiger partial charge is 0.303 e. The lowest BCUT2D eigenvalue weighted by Crippen LogP contribution is -2.12. The average Bonchev–Trinajstić information content (AvgIpc) is 3.25. The van der Waals surface area contributed by atoms with Gasteiger partial charge >= 0.3 is 5.97 Å². The van der Waals surface area contributed by atoms with Crippen LogP contribution in [0.25, 0.3) is 0 Å². The molecule has 114 valence electrons. The molecule has 2 aliphatic carbocycles. The molecule has 2 saturated carbocycles. The van der Waals surface area contributed by atoms with Crippen LogP contribution in [-0.4, -0.2) is 17.7 Å². The minimum atomic E-state index is -0.875. The Labute approximate surface area is 128 Å². The van der Waals surface area contributed by atoms with Gasteiger partial charge in [-0.15, -0.1) is 0 Å². The number of benzene rings is 1. The Kier molecular flexibility index (Phi) is 4.07. The highest BCUT2D eigenvalue weighted by atomic mass is 35.5. The second-order valence-corrected chi connectivity index (χ2v) is 6.51. The van der Waals surface area contributed by atoms with Gasteiger partial charge in [-0.25, -0.2) is 4.39 Å². The van der Waals surface area contributed by atoms with Crippen molar-refractivity contribution in [2.75, 3.05) is 6.61 Å². The second-order valence-electron chi connectivity index (χ2n) is 6.10. The van der Waals surface area contributed by atoms with Crippen LogP contribution in [0.15, 0.2) is 12.1 Å². The molecule has 2 fully saturated rings. The standard InChI is InChI=1S/C16H18ClFO3/c17-14-6-11(18)5-13(16(14)21-8-9-1-2-9)12(7-15(19)20)10-3-4-10/h5-6,9-10,12H,1-4,7-8H2,(H,19,20). The van der Waals surface area contributed by atoms with E-state index in [2.05, 4.69) is 0 Å². The Morgan fingerprint density at radius 3 is 2.67 bits per heavy atom. The molecule has 5 heteroatoms. The third kappa shape index (κ3) is 3.67. The Morgan fingerprint density at radius 2 is 2.10 bits per heavy atom. The first kappa shape index (κ1) is 14.6. The molecule has 1 N–H and O–H groups in total. The zero-order chi connectivity index (χ0) is 15.0. The number of aliphatic carboxylic acids is 1. The summed E-state index contributed by atoms with van der Waals surface area (Å²) in [4.78, 5) is 11.1. The molecule has 0 spiro atoms. The van der Waals surface area contributed by atoms with Crippen molar-refractivity contribution in [3.63, 3.8) is 0 Å². The molecular formula is C16H18ClFO3. The van der Waals surface area contributed by atoms with Crippen molar-refractivity contribution in [3.8, 4) is 5.75 Å². The van der Waals surface area contributed by atoms with E-state index >= 15 is 0 Å².